The fourth-order valence-corrected chi connectivity index (χ4v) is 2.26. The van der Waals surface area contributed by atoms with Gasteiger partial charge < -0.3 is 10.2 Å². The highest BCUT2D eigenvalue weighted by molar-refractivity contribution is 6.31. The van der Waals surface area contributed by atoms with Crippen molar-refractivity contribution >= 4 is 17.4 Å². The number of halogens is 1. The third kappa shape index (κ3) is 3.36. The molecule has 3 nitrogen and oxygen atoms in total. The minimum Gasteiger partial charge on any atom is -0.354 e. The summed E-state index contributed by atoms with van der Waals surface area (Å²) in [5.74, 6) is 1.02. The summed E-state index contributed by atoms with van der Waals surface area (Å²) in [6, 6.07) is 3.26. The van der Waals surface area contributed by atoms with E-state index in [4.69, 9.17) is 11.6 Å². The fraction of sp³-hybridized carbons (Fsp3) is 0.643. The van der Waals surface area contributed by atoms with E-state index in [1.54, 1.807) is 6.20 Å². The molecule has 18 heavy (non-hydrogen) atoms. The Labute approximate surface area is 115 Å². The smallest absolute Gasteiger partial charge is 0.129 e. The van der Waals surface area contributed by atoms with E-state index in [1.807, 2.05) is 0 Å². The third-order valence-electron chi connectivity index (χ3n) is 3.34. The number of hydrogen-bond acceptors (Lipinski definition) is 3. The zero-order valence-electron chi connectivity index (χ0n) is 11.4. The van der Waals surface area contributed by atoms with Crippen LogP contribution in [0.4, 0.5) is 5.82 Å². The molecule has 1 aromatic rings. The number of nitrogens with zero attached hydrogens (tertiary/aromatic N) is 2. The van der Waals surface area contributed by atoms with Crippen molar-refractivity contribution < 1.29 is 0 Å². The van der Waals surface area contributed by atoms with Crippen LogP contribution in [0.3, 0.4) is 0 Å². The topological polar surface area (TPSA) is 28.2 Å². The molecule has 2 rings (SSSR count). The summed E-state index contributed by atoms with van der Waals surface area (Å²) >= 11 is 6.21. The minimum absolute atomic E-state index is 0.452. The molecular formula is C14H22ClN3. The van der Waals surface area contributed by atoms with Crippen molar-refractivity contribution in [2.45, 2.75) is 52.2 Å². The summed E-state index contributed by atoms with van der Waals surface area (Å²) in [6.45, 7) is 8.32. The highest BCUT2D eigenvalue weighted by atomic mass is 35.5. The van der Waals surface area contributed by atoms with Gasteiger partial charge in [0.2, 0.25) is 0 Å². The molecule has 0 amide bonds. The lowest BCUT2D eigenvalue weighted by atomic mass is 10.2. The maximum Gasteiger partial charge on any atom is 0.129 e. The lowest BCUT2D eigenvalue weighted by molar-refractivity contribution is 0.677. The van der Waals surface area contributed by atoms with E-state index in [9.17, 15) is 0 Å². The second kappa shape index (κ2) is 5.89. The van der Waals surface area contributed by atoms with E-state index in [-0.39, 0.29) is 0 Å². The van der Waals surface area contributed by atoms with Gasteiger partial charge in [-0.1, -0.05) is 11.6 Å². The molecule has 0 aliphatic heterocycles. The van der Waals surface area contributed by atoms with Crippen LogP contribution in [0.1, 0.15) is 39.2 Å². The number of rotatable bonds is 6. The summed E-state index contributed by atoms with van der Waals surface area (Å²) in [6.07, 6.45) is 4.36. The fourth-order valence-electron chi connectivity index (χ4n) is 2.09. The second-order valence-electron chi connectivity index (χ2n) is 5.17. The van der Waals surface area contributed by atoms with Gasteiger partial charge in [-0.25, -0.2) is 4.98 Å². The normalized spacial score (nSPS) is 15.2. The van der Waals surface area contributed by atoms with Gasteiger partial charge in [0.25, 0.3) is 0 Å². The highest BCUT2D eigenvalue weighted by Gasteiger charge is 2.20. The van der Waals surface area contributed by atoms with Gasteiger partial charge >= 0.3 is 0 Å². The maximum atomic E-state index is 6.21. The van der Waals surface area contributed by atoms with E-state index >= 15 is 0 Å². The largest absolute Gasteiger partial charge is 0.354 e. The number of hydrogen-bond donors (Lipinski definition) is 1. The molecule has 100 valence electrons. The van der Waals surface area contributed by atoms with Crippen molar-refractivity contribution in [3.63, 3.8) is 0 Å². The molecule has 0 atom stereocenters. The molecule has 4 heteroatoms. The molecule has 0 aromatic carbocycles. The molecule has 0 radical (unpaired) electrons. The van der Waals surface area contributed by atoms with Crippen LogP contribution in [0, 0.1) is 0 Å². The lowest BCUT2D eigenvalue weighted by Crippen LogP contribution is -2.31. The Kier molecular flexibility index (Phi) is 4.46. The Bertz CT molecular complexity index is 402. The van der Waals surface area contributed by atoms with Crippen molar-refractivity contribution in [1.29, 1.82) is 0 Å². The van der Waals surface area contributed by atoms with E-state index in [0.717, 1.165) is 29.5 Å². The van der Waals surface area contributed by atoms with Crippen molar-refractivity contribution in [3.8, 4) is 0 Å². The van der Waals surface area contributed by atoms with Crippen LogP contribution in [0.2, 0.25) is 5.02 Å². The summed E-state index contributed by atoms with van der Waals surface area (Å²) in [7, 11) is 0. The van der Waals surface area contributed by atoms with Crippen molar-refractivity contribution in [2.75, 3.05) is 11.4 Å². The third-order valence-corrected chi connectivity index (χ3v) is 3.68. The monoisotopic (exact) mass is 267 g/mol. The SMILES string of the molecule is CCN(c1cc(CNC2CC2)c(Cl)cn1)C(C)C. The molecule has 1 aliphatic carbocycles. The first-order chi connectivity index (χ1) is 8.61. The second-order valence-corrected chi connectivity index (χ2v) is 5.58. The Morgan fingerprint density at radius 2 is 2.22 bits per heavy atom. The standard InChI is InChI=1S/C14H22ClN3/c1-4-18(10(2)3)14-7-11(13(15)9-17-14)8-16-12-5-6-12/h7,9-10,12,16H,4-6,8H2,1-3H3. The molecule has 0 unspecified atom stereocenters. The van der Waals surface area contributed by atoms with E-state index in [1.165, 1.54) is 12.8 Å². The molecule has 1 heterocycles. The van der Waals surface area contributed by atoms with Gasteiger partial charge in [-0.05, 0) is 45.2 Å². The van der Waals surface area contributed by atoms with Crippen LogP contribution in [-0.2, 0) is 6.54 Å². The Hall–Kier alpha value is -0.800. The summed E-state index contributed by atoms with van der Waals surface area (Å²) < 4.78 is 0. The number of anilines is 1. The molecule has 1 saturated carbocycles. The average molecular weight is 268 g/mol. The lowest BCUT2D eigenvalue weighted by Gasteiger charge is -2.26. The van der Waals surface area contributed by atoms with Crippen molar-refractivity contribution in [2.24, 2.45) is 0 Å². The van der Waals surface area contributed by atoms with Gasteiger partial charge in [0.15, 0.2) is 0 Å². The van der Waals surface area contributed by atoms with Crippen LogP contribution in [-0.4, -0.2) is 23.6 Å². The predicted molar refractivity (Wildman–Crippen MR) is 77.3 cm³/mol. The molecular weight excluding hydrogens is 246 g/mol. The first-order valence-corrected chi connectivity index (χ1v) is 7.14. The van der Waals surface area contributed by atoms with Crippen LogP contribution in [0.15, 0.2) is 12.3 Å². The van der Waals surface area contributed by atoms with Gasteiger partial charge in [-0.2, -0.15) is 0 Å². The van der Waals surface area contributed by atoms with Crippen LogP contribution >= 0.6 is 11.6 Å². The van der Waals surface area contributed by atoms with Crippen LogP contribution < -0.4 is 10.2 Å². The quantitative estimate of drug-likeness (QED) is 0.858. The molecule has 0 bridgehead atoms. The molecule has 0 spiro atoms. The van der Waals surface area contributed by atoms with Crippen LogP contribution in [0.25, 0.3) is 0 Å². The zero-order valence-corrected chi connectivity index (χ0v) is 12.2. The molecule has 1 fully saturated rings. The Morgan fingerprint density at radius 1 is 1.50 bits per heavy atom. The zero-order chi connectivity index (χ0) is 13.1. The van der Waals surface area contributed by atoms with Gasteiger partial charge in [-0.15, -0.1) is 0 Å². The highest BCUT2D eigenvalue weighted by Crippen LogP contribution is 2.24. The van der Waals surface area contributed by atoms with Gasteiger partial charge in [0, 0.05) is 31.4 Å². The van der Waals surface area contributed by atoms with Gasteiger partial charge in [0.05, 0.1) is 5.02 Å². The minimum atomic E-state index is 0.452. The maximum absolute atomic E-state index is 6.21. The molecule has 1 aliphatic rings. The average Bonchev–Trinajstić information content (AvgIpc) is 3.14. The summed E-state index contributed by atoms with van der Waals surface area (Å²) in [5, 5.41) is 4.25. The van der Waals surface area contributed by atoms with E-state index in [0.29, 0.717) is 12.1 Å². The number of aromatic nitrogens is 1. The Morgan fingerprint density at radius 3 is 2.78 bits per heavy atom. The van der Waals surface area contributed by atoms with Gasteiger partial charge in [0.1, 0.15) is 5.82 Å². The van der Waals surface area contributed by atoms with Crippen LogP contribution in [0.5, 0.6) is 0 Å². The van der Waals surface area contributed by atoms with Gasteiger partial charge in [-0.3, -0.25) is 0 Å². The number of nitrogens with one attached hydrogen (secondary N) is 1. The van der Waals surface area contributed by atoms with Crippen molar-refractivity contribution in [3.05, 3.63) is 22.8 Å². The van der Waals surface area contributed by atoms with Crippen molar-refractivity contribution in [1.82, 2.24) is 10.3 Å². The predicted octanol–water partition coefficient (Wildman–Crippen LogP) is 3.22. The molecule has 1 aromatic heterocycles. The first kappa shape index (κ1) is 13.6. The van der Waals surface area contributed by atoms with E-state index in [2.05, 4.69) is 42.0 Å². The first-order valence-electron chi connectivity index (χ1n) is 6.76. The number of pyridine rings is 1. The Balaban J connectivity index is 2.12. The van der Waals surface area contributed by atoms with E-state index < -0.39 is 0 Å². The molecule has 0 saturated heterocycles. The molecule has 1 N–H and O–H groups in total. The summed E-state index contributed by atoms with van der Waals surface area (Å²) in [5.41, 5.74) is 1.15. The summed E-state index contributed by atoms with van der Waals surface area (Å²) in [4.78, 5) is 6.72.